The summed E-state index contributed by atoms with van der Waals surface area (Å²) < 4.78 is 0. The Balaban J connectivity index is 1.32. The van der Waals surface area contributed by atoms with Crippen molar-refractivity contribution in [1.82, 2.24) is 10.3 Å². The van der Waals surface area contributed by atoms with Crippen molar-refractivity contribution in [1.29, 1.82) is 5.26 Å². The number of hydrogen-bond acceptors (Lipinski definition) is 2. The molecule has 2 atom stereocenters. The van der Waals surface area contributed by atoms with Crippen LogP contribution in [-0.2, 0) is 12.8 Å². The fourth-order valence-electron chi connectivity index (χ4n) is 4.99. The third-order valence-electron chi connectivity index (χ3n) is 6.40. The van der Waals surface area contributed by atoms with E-state index in [1.165, 1.54) is 46.1 Å². The third-order valence-corrected chi connectivity index (χ3v) is 6.40. The second-order valence-electron chi connectivity index (χ2n) is 8.20. The second-order valence-corrected chi connectivity index (χ2v) is 8.20. The minimum Gasteiger partial charge on any atom is -0.358 e. The number of fused-ring (bicyclic) bond motifs is 3. The zero-order chi connectivity index (χ0) is 18.9. The quantitative estimate of drug-likeness (QED) is 0.686. The largest absolute Gasteiger partial charge is 0.358 e. The number of rotatable bonds is 3. The molecular weight excluding hydrogens is 342 g/mol. The molecule has 2 N–H and O–H groups in total. The molecule has 0 saturated heterocycles. The molecule has 3 heteroatoms. The van der Waals surface area contributed by atoms with Gasteiger partial charge in [0.15, 0.2) is 0 Å². The molecule has 2 heterocycles. The van der Waals surface area contributed by atoms with Gasteiger partial charge in [-0.2, -0.15) is 5.26 Å². The summed E-state index contributed by atoms with van der Waals surface area (Å²) in [5, 5.41) is 14.2. The van der Waals surface area contributed by atoms with Gasteiger partial charge in [0.05, 0.1) is 11.6 Å². The molecule has 0 radical (unpaired) electrons. The molecule has 0 fully saturated rings. The van der Waals surface area contributed by atoms with Crippen LogP contribution in [0.5, 0.6) is 0 Å². The summed E-state index contributed by atoms with van der Waals surface area (Å²) >= 11 is 0. The SMILES string of the molecule is N#Cc1ccc2[nH]c3c(c2c1)CC(CC1CC(c2ccccc2)=CCN1)CC3. The van der Waals surface area contributed by atoms with Crippen molar-refractivity contribution >= 4 is 16.5 Å². The molecule has 2 aliphatic rings. The van der Waals surface area contributed by atoms with E-state index in [2.05, 4.69) is 64.9 Å². The van der Waals surface area contributed by atoms with E-state index in [0.717, 1.165) is 31.4 Å². The van der Waals surface area contributed by atoms with Gasteiger partial charge < -0.3 is 10.3 Å². The lowest BCUT2D eigenvalue weighted by Gasteiger charge is -2.30. The first kappa shape index (κ1) is 17.3. The maximum absolute atomic E-state index is 9.25. The van der Waals surface area contributed by atoms with Crippen LogP contribution in [0, 0.1) is 17.2 Å². The molecule has 1 aliphatic carbocycles. The van der Waals surface area contributed by atoms with Crippen molar-refractivity contribution < 1.29 is 0 Å². The van der Waals surface area contributed by atoms with Crippen LogP contribution in [0.3, 0.4) is 0 Å². The van der Waals surface area contributed by atoms with E-state index in [-0.39, 0.29) is 0 Å². The summed E-state index contributed by atoms with van der Waals surface area (Å²) in [6, 6.07) is 19.6. The van der Waals surface area contributed by atoms with E-state index in [1.807, 2.05) is 6.07 Å². The lowest BCUT2D eigenvalue weighted by atomic mass is 9.80. The van der Waals surface area contributed by atoms with Crippen molar-refractivity contribution in [2.75, 3.05) is 6.54 Å². The maximum atomic E-state index is 9.25. The number of hydrogen-bond donors (Lipinski definition) is 2. The average molecular weight is 367 g/mol. The Labute approximate surface area is 166 Å². The number of nitriles is 1. The number of aromatic nitrogens is 1. The van der Waals surface area contributed by atoms with Crippen LogP contribution in [0.25, 0.3) is 16.5 Å². The second kappa shape index (κ2) is 7.30. The smallest absolute Gasteiger partial charge is 0.0991 e. The Morgan fingerprint density at radius 1 is 1.07 bits per heavy atom. The van der Waals surface area contributed by atoms with E-state index in [1.54, 1.807) is 0 Å². The number of nitrogens with one attached hydrogen (secondary N) is 2. The van der Waals surface area contributed by atoms with Gasteiger partial charge in [-0.25, -0.2) is 0 Å². The Morgan fingerprint density at radius 3 is 2.82 bits per heavy atom. The summed E-state index contributed by atoms with van der Waals surface area (Å²) in [5.74, 6) is 0.699. The van der Waals surface area contributed by atoms with Gasteiger partial charge in [0.1, 0.15) is 0 Å². The molecule has 2 aromatic carbocycles. The Kier molecular flexibility index (Phi) is 4.50. The molecule has 1 aliphatic heterocycles. The van der Waals surface area contributed by atoms with Gasteiger partial charge in [0.2, 0.25) is 0 Å². The van der Waals surface area contributed by atoms with Crippen LogP contribution in [0.1, 0.15) is 41.6 Å². The van der Waals surface area contributed by atoms with E-state index in [4.69, 9.17) is 0 Å². The number of aryl methyl sites for hydroxylation is 1. The van der Waals surface area contributed by atoms with Crippen LogP contribution < -0.4 is 5.32 Å². The van der Waals surface area contributed by atoms with Crippen molar-refractivity contribution in [3.63, 3.8) is 0 Å². The Morgan fingerprint density at radius 2 is 1.96 bits per heavy atom. The Hall–Kier alpha value is -2.83. The number of aromatic amines is 1. The minimum atomic E-state index is 0.548. The highest BCUT2D eigenvalue weighted by molar-refractivity contribution is 5.86. The predicted molar refractivity (Wildman–Crippen MR) is 114 cm³/mol. The molecule has 3 nitrogen and oxygen atoms in total. The maximum Gasteiger partial charge on any atom is 0.0991 e. The Bertz CT molecular complexity index is 1070. The van der Waals surface area contributed by atoms with Crippen LogP contribution in [0.2, 0.25) is 0 Å². The van der Waals surface area contributed by atoms with Crippen LogP contribution >= 0.6 is 0 Å². The lowest BCUT2D eigenvalue weighted by molar-refractivity contribution is 0.356. The monoisotopic (exact) mass is 367 g/mol. The lowest BCUT2D eigenvalue weighted by Crippen LogP contribution is -2.35. The van der Waals surface area contributed by atoms with Crippen molar-refractivity contribution in [3.05, 3.63) is 77.0 Å². The first-order valence-electron chi connectivity index (χ1n) is 10.3. The van der Waals surface area contributed by atoms with Gasteiger partial charge in [0, 0.05) is 29.2 Å². The summed E-state index contributed by atoms with van der Waals surface area (Å²) in [6.07, 6.45) is 8.15. The number of benzene rings is 2. The topological polar surface area (TPSA) is 51.6 Å². The molecule has 5 rings (SSSR count). The van der Waals surface area contributed by atoms with E-state index < -0.39 is 0 Å². The fraction of sp³-hybridized carbons (Fsp3) is 0.320. The summed E-state index contributed by atoms with van der Waals surface area (Å²) in [6.45, 7) is 0.964. The van der Waals surface area contributed by atoms with Crippen molar-refractivity contribution in [2.45, 2.75) is 38.1 Å². The summed E-state index contributed by atoms with van der Waals surface area (Å²) in [5.41, 5.74) is 7.59. The molecule has 0 saturated carbocycles. The molecular formula is C25H25N3. The molecule has 3 aromatic rings. The first-order chi connectivity index (χ1) is 13.8. The zero-order valence-electron chi connectivity index (χ0n) is 16.0. The van der Waals surface area contributed by atoms with Gasteiger partial charge >= 0.3 is 0 Å². The van der Waals surface area contributed by atoms with Gasteiger partial charge in [-0.15, -0.1) is 0 Å². The van der Waals surface area contributed by atoms with Gasteiger partial charge in [-0.1, -0.05) is 36.4 Å². The molecule has 0 amide bonds. The third kappa shape index (κ3) is 3.25. The van der Waals surface area contributed by atoms with Gasteiger partial charge in [-0.3, -0.25) is 0 Å². The summed E-state index contributed by atoms with van der Waals surface area (Å²) in [7, 11) is 0. The van der Waals surface area contributed by atoms with Crippen LogP contribution in [0.15, 0.2) is 54.6 Å². The van der Waals surface area contributed by atoms with E-state index >= 15 is 0 Å². The highest BCUT2D eigenvalue weighted by Gasteiger charge is 2.26. The molecule has 0 spiro atoms. The fourth-order valence-corrected chi connectivity index (χ4v) is 4.99. The average Bonchev–Trinajstić information content (AvgIpc) is 3.12. The van der Waals surface area contributed by atoms with Crippen molar-refractivity contribution in [3.8, 4) is 6.07 Å². The molecule has 140 valence electrons. The summed E-state index contributed by atoms with van der Waals surface area (Å²) in [4.78, 5) is 3.59. The standard InChI is InChI=1S/C25H25N3/c26-16-18-7-9-25-23(14-18)22-13-17(6-8-24(22)28-25)12-21-15-20(10-11-27-21)19-4-2-1-3-5-19/h1-5,7,9-10,14,17,21,27-28H,6,8,11-13,15H2. The number of nitrogens with zero attached hydrogens (tertiary/aromatic N) is 1. The molecule has 1 aromatic heterocycles. The normalized spacial score (nSPS) is 21.8. The van der Waals surface area contributed by atoms with Crippen LogP contribution in [0.4, 0.5) is 0 Å². The predicted octanol–water partition coefficient (Wildman–Crippen LogP) is 4.98. The molecule has 0 bridgehead atoms. The van der Waals surface area contributed by atoms with E-state index in [9.17, 15) is 5.26 Å². The van der Waals surface area contributed by atoms with Crippen LogP contribution in [-0.4, -0.2) is 17.6 Å². The number of H-pyrrole nitrogens is 1. The van der Waals surface area contributed by atoms with Gasteiger partial charge in [0.25, 0.3) is 0 Å². The molecule has 2 unspecified atom stereocenters. The van der Waals surface area contributed by atoms with E-state index in [0.29, 0.717) is 12.0 Å². The molecule has 28 heavy (non-hydrogen) atoms. The first-order valence-corrected chi connectivity index (χ1v) is 10.3. The minimum absolute atomic E-state index is 0.548. The van der Waals surface area contributed by atoms with Gasteiger partial charge in [-0.05, 0) is 72.9 Å². The zero-order valence-corrected chi connectivity index (χ0v) is 16.0. The van der Waals surface area contributed by atoms with Crippen molar-refractivity contribution in [2.24, 2.45) is 5.92 Å². The highest BCUT2D eigenvalue weighted by Crippen LogP contribution is 2.35. The highest BCUT2D eigenvalue weighted by atomic mass is 14.9.